The molecule has 110 valence electrons. The second-order valence-electron chi connectivity index (χ2n) is 5.87. The maximum Gasteiger partial charge on any atom is 0.0459 e. The molecule has 2 N–H and O–H groups in total. The molecule has 0 fully saturated rings. The molecule has 0 saturated heterocycles. The van der Waals surface area contributed by atoms with Crippen molar-refractivity contribution in [2.24, 2.45) is 0 Å². The zero-order chi connectivity index (χ0) is 15.3. The topological polar surface area (TPSA) is 31.6 Å². The van der Waals surface area contributed by atoms with Crippen molar-refractivity contribution in [3.05, 3.63) is 69.5 Å². The van der Waals surface area contributed by atoms with E-state index >= 15 is 0 Å². The molecule has 4 rings (SSSR count). The quantitative estimate of drug-likeness (QED) is 0.469. The predicted octanol–water partition coefficient (Wildman–Crippen LogP) is 5.62. The fraction of sp³-hybridized carbons (Fsp3) is 0.158. The molecule has 0 aliphatic rings. The number of hydrogen-bond donors (Lipinski definition) is 2. The molecule has 0 aliphatic carbocycles. The van der Waals surface area contributed by atoms with Crippen LogP contribution in [0.5, 0.6) is 0 Å². The van der Waals surface area contributed by atoms with E-state index in [4.69, 9.17) is 0 Å². The van der Waals surface area contributed by atoms with Gasteiger partial charge in [0.25, 0.3) is 0 Å². The molecule has 0 amide bonds. The SMILES string of the molecule is Cc1c(Cc2[nH]c3ccc(Br)cc3c2C)[nH]c2ccccc12. The first kappa shape index (κ1) is 13.6. The number of aromatic nitrogens is 2. The summed E-state index contributed by atoms with van der Waals surface area (Å²) in [6, 6.07) is 14.9. The Morgan fingerprint density at radius 3 is 2.18 bits per heavy atom. The average molecular weight is 353 g/mol. The van der Waals surface area contributed by atoms with Crippen LogP contribution in [0.15, 0.2) is 46.9 Å². The number of fused-ring (bicyclic) bond motifs is 2. The van der Waals surface area contributed by atoms with Gasteiger partial charge >= 0.3 is 0 Å². The van der Waals surface area contributed by atoms with E-state index in [0.717, 1.165) is 10.9 Å². The first-order valence-corrected chi connectivity index (χ1v) is 8.25. The van der Waals surface area contributed by atoms with Crippen LogP contribution < -0.4 is 0 Å². The zero-order valence-electron chi connectivity index (χ0n) is 12.6. The van der Waals surface area contributed by atoms with Crippen LogP contribution in [0.3, 0.4) is 0 Å². The second-order valence-corrected chi connectivity index (χ2v) is 6.79. The van der Waals surface area contributed by atoms with Gasteiger partial charge in [0.2, 0.25) is 0 Å². The van der Waals surface area contributed by atoms with Gasteiger partial charge in [-0.1, -0.05) is 34.1 Å². The number of benzene rings is 2. The monoisotopic (exact) mass is 352 g/mol. The van der Waals surface area contributed by atoms with Gasteiger partial charge in [0, 0.05) is 44.1 Å². The lowest BCUT2D eigenvalue weighted by Crippen LogP contribution is -1.93. The lowest BCUT2D eigenvalue weighted by atomic mass is 10.1. The number of nitrogens with one attached hydrogen (secondary N) is 2. The van der Waals surface area contributed by atoms with Crippen molar-refractivity contribution in [1.82, 2.24) is 9.97 Å². The van der Waals surface area contributed by atoms with Crippen LogP contribution in [0.1, 0.15) is 22.5 Å². The smallest absolute Gasteiger partial charge is 0.0459 e. The van der Waals surface area contributed by atoms with E-state index in [0.29, 0.717) is 0 Å². The summed E-state index contributed by atoms with van der Waals surface area (Å²) >= 11 is 3.56. The maximum absolute atomic E-state index is 3.57. The first-order valence-electron chi connectivity index (χ1n) is 7.46. The minimum absolute atomic E-state index is 0.901. The zero-order valence-corrected chi connectivity index (χ0v) is 14.2. The molecule has 22 heavy (non-hydrogen) atoms. The minimum atomic E-state index is 0.901. The Bertz CT molecular complexity index is 991. The highest BCUT2D eigenvalue weighted by Crippen LogP contribution is 2.28. The third kappa shape index (κ3) is 2.08. The third-order valence-corrected chi connectivity index (χ3v) is 5.04. The molecule has 0 aliphatic heterocycles. The van der Waals surface area contributed by atoms with Crippen molar-refractivity contribution in [1.29, 1.82) is 0 Å². The van der Waals surface area contributed by atoms with E-state index in [1.54, 1.807) is 0 Å². The number of aromatic amines is 2. The number of halogens is 1. The first-order chi connectivity index (χ1) is 10.6. The van der Waals surface area contributed by atoms with Gasteiger partial charge in [-0.3, -0.25) is 0 Å². The highest BCUT2D eigenvalue weighted by molar-refractivity contribution is 9.10. The fourth-order valence-corrected chi connectivity index (χ4v) is 3.58. The van der Waals surface area contributed by atoms with Gasteiger partial charge in [-0.2, -0.15) is 0 Å². The number of aryl methyl sites for hydroxylation is 2. The Morgan fingerprint density at radius 1 is 0.818 bits per heavy atom. The summed E-state index contributed by atoms with van der Waals surface area (Å²) in [7, 11) is 0. The Labute approximate surface area is 137 Å². The molecule has 4 aromatic rings. The van der Waals surface area contributed by atoms with Gasteiger partial charge in [0.05, 0.1) is 0 Å². The van der Waals surface area contributed by atoms with E-state index in [1.165, 1.54) is 44.3 Å². The van der Waals surface area contributed by atoms with Crippen molar-refractivity contribution in [2.45, 2.75) is 20.3 Å². The molecular formula is C19H17BrN2. The van der Waals surface area contributed by atoms with E-state index in [-0.39, 0.29) is 0 Å². The van der Waals surface area contributed by atoms with E-state index in [2.05, 4.69) is 82.2 Å². The standard InChI is InChI=1S/C19H17BrN2/c1-11-14-5-3-4-6-16(14)21-18(11)10-19-12(2)15-9-13(20)7-8-17(15)22-19/h3-9,21-22H,10H2,1-2H3. The lowest BCUT2D eigenvalue weighted by molar-refractivity contribution is 1.04. The Kier molecular flexibility index (Phi) is 3.12. The molecule has 2 nitrogen and oxygen atoms in total. The van der Waals surface area contributed by atoms with Crippen LogP contribution >= 0.6 is 15.9 Å². The summed E-state index contributed by atoms with van der Waals surface area (Å²) in [6.45, 7) is 4.39. The summed E-state index contributed by atoms with van der Waals surface area (Å²) in [5.74, 6) is 0. The van der Waals surface area contributed by atoms with Gasteiger partial charge in [-0.05, 0) is 49.2 Å². The molecule has 3 heteroatoms. The number of hydrogen-bond acceptors (Lipinski definition) is 0. The summed E-state index contributed by atoms with van der Waals surface area (Å²) in [6.07, 6.45) is 0.901. The predicted molar refractivity (Wildman–Crippen MR) is 96.6 cm³/mol. The van der Waals surface area contributed by atoms with E-state index in [1.807, 2.05) is 0 Å². The van der Waals surface area contributed by atoms with E-state index < -0.39 is 0 Å². The van der Waals surface area contributed by atoms with Gasteiger partial charge in [0.1, 0.15) is 0 Å². The maximum atomic E-state index is 3.57. The number of rotatable bonds is 2. The average Bonchev–Trinajstić information content (AvgIpc) is 2.99. The normalized spacial score (nSPS) is 11.6. The van der Waals surface area contributed by atoms with Gasteiger partial charge in [-0.25, -0.2) is 0 Å². The van der Waals surface area contributed by atoms with Crippen molar-refractivity contribution < 1.29 is 0 Å². The molecule has 0 spiro atoms. The van der Waals surface area contributed by atoms with E-state index in [9.17, 15) is 0 Å². The molecule has 0 radical (unpaired) electrons. The summed E-state index contributed by atoms with van der Waals surface area (Å²) in [5, 5.41) is 2.60. The van der Waals surface area contributed by atoms with Crippen LogP contribution in [0.25, 0.3) is 21.8 Å². The molecule has 2 heterocycles. The van der Waals surface area contributed by atoms with Crippen LogP contribution in [0.2, 0.25) is 0 Å². The summed E-state index contributed by atoms with van der Waals surface area (Å²) in [5.41, 5.74) is 7.65. The largest absolute Gasteiger partial charge is 0.358 e. The number of para-hydroxylation sites is 1. The third-order valence-electron chi connectivity index (χ3n) is 4.55. The Balaban J connectivity index is 1.82. The summed E-state index contributed by atoms with van der Waals surface area (Å²) < 4.78 is 1.12. The minimum Gasteiger partial charge on any atom is -0.358 e. The Morgan fingerprint density at radius 2 is 1.45 bits per heavy atom. The molecule has 0 saturated carbocycles. The molecule has 0 unspecified atom stereocenters. The van der Waals surface area contributed by atoms with Crippen molar-refractivity contribution in [3.8, 4) is 0 Å². The van der Waals surface area contributed by atoms with Crippen molar-refractivity contribution in [3.63, 3.8) is 0 Å². The lowest BCUT2D eigenvalue weighted by Gasteiger charge is -2.00. The molecule has 2 aromatic heterocycles. The molecular weight excluding hydrogens is 336 g/mol. The van der Waals surface area contributed by atoms with Crippen LogP contribution in [-0.4, -0.2) is 9.97 Å². The molecule has 0 bridgehead atoms. The highest BCUT2D eigenvalue weighted by atomic mass is 79.9. The summed E-state index contributed by atoms with van der Waals surface area (Å²) in [4.78, 5) is 7.14. The van der Waals surface area contributed by atoms with Crippen LogP contribution in [0.4, 0.5) is 0 Å². The van der Waals surface area contributed by atoms with Crippen molar-refractivity contribution >= 4 is 37.7 Å². The van der Waals surface area contributed by atoms with Gasteiger partial charge in [-0.15, -0.1) is 0 Å². The Hall–Kier alpha value is -2.00. The van der Waals surface area contributed by atoms with Gasteiger partial charge in [0.15, 0.2) is 0 Å². The van der Waals surface area contributed by atoms with Crippen LogP contribution in [-0.2, 0) is 6.42 Å². The molecule has 2 aromatic carbocycles. The number of H-pyrrole nitrogens is 2. The van der Waals surface area contributed by atoms with Crippen molar-refractivity contribution in [2.75, 3.05) is 0 Å². The van der Waals surface area contributed by atoms with Crippen LogP contribution in [0, 0.1) is 13.8 Å². The van der Waals surface area contributed by atoms with Gasteiger partial charge < -0.3 is 9.97 Å². The highest BCUT2D eigenvalue weighted by Gasteiger charge is 2.12. The molecule has 0 atom stereocenters. The second kappa shape index (κ2) is 5.03. The fourth-order valence-electron chi connectivity index (χ4n) is 3.22.